The van der Waals surface area contributed by atoms with Gasteiger partial charge in [0.05, 0.1) is 0 Å². The summed E-state index contributed by atoms with van der Waals surface area (Å²) < 4.78 is 52.9. The van der Waals surface area contributed by atoms with Crippen LogP contribution in [-0.2, 0) is 0 Å². The number of nitrogen functional groups attached to an aromatic ring is 4. The second-order valence-corrected chi connectivity index (χ2v) is 22.9. The van der Waals surface area contributed by atoms with E-state index >= 15 is 0 Å². The van der Waals surface area contributed by atoms with Crippen molar-refractivity contribution in [3.05, 3.63) is 218 Å². The van der Waals surface area contributed by atoms with E-state index in [-0.39, 0.29) is 28.7 Å². The summed E-state index contributed by atoms with van der Waals surface area (Å²) in [6.07, 6.45) is 0. The Morgan fingerprint density at radius 1 is 0.412 bits per heavy atom. The first-order chi connectivity index (χ1) is 33.2. The van der Waals surface area contributed by atoms with Crippen LogP contribution < -0.4 is 64.6 Å². The molecule has 1 aliphatic heterocycles. The van der Waals surface area contributed by atoms with Crippen molar-refractivity contribution in [1.82, 2.24) is 14.1 Å². The summed E-state index contributed by atoms with van der Waals surface area (Å²) in [4.78, 5) is 18.2. The normalized spacial score (nSPS) is 17.3. The van der Waals surface area contributed by atoms with Crippen LogP contribution in [0.25, 0.3) is 0 Å². The average molecular weight is 987 g/mol. The summed E-state index contributed by atoms with van der Waals surface area (Å²) in [7, 11) is -13.8. The molecule has 8 aromatic carbocycles. The van der Waals surface area contributed by atoms with Crippen LogP contribution in [0.15, 0.2) is 223 Å². The summed E-state index contributed by atoms with van der Waals surface area (Å²) in [5, 5.41) is 0. The Morgan fingerprint density at radius 2 is 0.750 bits per heavy atom. The Hall–Kier alpha value is -7.24. The van der Waals surface area contributed by atoms with E-state index in [9.17, 15) is 0 Å². The fourth-order valence-electron chi connectivity index (χ4n) is 6.42. The maximum atomic E-state index is 7.73. The van der Waals surface area contributed by atoms with Gasteiger partial charge in [0, 0.05) is 0 Å². The third kappa shape index (κ3) is 10.3. The van der Waals surface area contributed by atoms with Crippen LogP contribution in [0, 0.1) is 0 Å². The van der Waals surface area contributed by atoms with Crippen molar-refractivity contribution in [1.29, 1.82) is 0 Å². The minimum atomic E-state index is -6.31. The molecule has 0 saturated carbocycles. The Bertz CT molecular complexity index is 2860. The third-order valence-electron chi connectivity index (χ3n) is 9.56. The number of nitrogens with two attached hydrogens (primary N) is 4. The number of nitrogens with one attached hydrogen (secondary N) is 1. The van der Waals surface area contributed by atoms with Gasteiger partial charge in [0.15, 0.2) is 0 Å². The van der Waals surface area contributed by atoms with E-state index in [1.165, 1.54) is 9.21 Å². The van der Waals surface area contributed by atoms with Gasteiger partial charge in [-0.05, 0) is 0 Å². The summed E-state index contributed by atoms with van der Waals surface area (Å²) in [5.41, 5.74) is 27.0. The van der Waals surface area contributed by atoms with Gasteiger partial charge in [0.25, 0.3) is 0 Å². The third-order valence-corrected chi connectivity index (χ3v) is 20.2. The average Bonchev–Trinajstić information content (AvgIpc) is 3.35. The number of benzene rings is 8. The monoisotopic (exact) mass is 986 g/mol. The van der Waals surface area contributed by atoms with E-state index in [4.69, 9.17) is 64.3 Å². The van der Waals surface area contributed by atoms with Crippen molar-refractivity contribution in [3.8, 4) is 46.0 Å². The number of nitrogens with zero attached hydrogens (tertiary/aromatic N) is 3. The molecule has 0 fully saturated rings. The second kappa shape index (κ2) is 20.3. The van der Waals surface area contributed by atoms with E-state index in [1.54, 1.807) is 170 Å². The van der Waals surface area contributed by atoms with Crippen molar-refractivity contribution in [2.45, 2.75) is 0 Å². The predicted octanol–water partition coefficient (Wildman–Crippen LogP) is 12.8. The summed E-state index contributed by atoms with van der Waals surface area (Å²) >= 11 is 0. The number of rotatable bonds is 16. The van der Waals surface area contributed by atoms with E-state index < -0.39 is 32.6 Å². The van der Waals surface area contributed by atoms with Crippen molar-refractivity contribution < 1.29 is 36.8 Å². The summed E-state index contributed by atoms with van der Waals surface area (Å²) in [6.45, 7) is 0. The molecule has 0 spiro atoms. The zero-order valence-electron chi connectivity index (χ0n) is 36.0. The van der Waals surface area contributed by atoms with Crippen LogP contribution in [0.2, 0.25) is 0 Å². The van der Waals surface area contributed by atoms with E-state index in [1.807, 2.05) is 48.5 Å². The van der Waals surface area contributed by atoms with E-state index in [0.717, 1.165) is 0 Å². The number of hydrogen-bond acceptors (Lipinski definition) is 16. The van der Waals surface area contributed by atoms with Gasteiger partial charge in [-0.15, -0.1) is 0 Å². The molecule has 1 heterocycles. The molecule has 0 aromatic heterocycles. The van der Waals surface area contributed by atoms with Gasteiger partial charge in [0.2, 0.25) is 0 Å². The molecule has 0 aliphatic carbocycles. The molecule has 2 unspecified atom stereocenters. The van der Waals surface area contributed by atoms with E-state index in [0.29, 0.717) is 40.0 Å². The zero-order valence-corrected chi connectivity index (χ0v) is 39.7. The van der Waals surface area contributed by atoms with Gasteiger partial charge in [-0.2, -0.15) is 0 Å². The fraction of sp³-hybridized carbons (Fsp3) is 0. The fourth-order valence-corrected chi connectivity index (χ4v) is 18.3. The SMILES string of the molecule is Nc1ccc(ON2P(Oc3ccc(N)cc3)NPN=P(Oc3ccccc3)(Oc3ccccc3)N(Oc3ccc(N)cc3)P2(Oc2ccccc2)(Oc2ccccc2)Oc2ccc(N)cc2)cc1. The molecule has 20 heteroatoms. The van der Waals surface area contributed by atoms with Crippen LogP contribution in [-0.4, -0.2) is 9.21 Å². The predicted molar refractivity (Wildman–Crippen MR) is 273 cm³/mol. The number of hydrogen-bond donors (Lipinski definition) is 5. The van der Waals surface area contributed by atoms with Crippen LogP contribution in [0.4, 0.5) is 22.7 Å². The topological polar surface area (TPSA) is 209 Å². The molecule has 9 N–H and O–H groups in total. The summed E-state index contributed by atoms with van der Waals surface area (Å²) in [6, 6.07) is 63.0. The Balaban J connectivity index is 1.48. The van der Waals surface area contributed by atoms with Gasteiger partial charge < -0.3 is 0 Å². The van der Waals surface area contributed by atoms with Gasteiger partial charge in [-0.1, -0.05) is 0 Å². The molecule has 0 amide bonds. The van der Waals surface area contributed by atoms with Crippen molar-refractivity contribution in [2.75, 3.05) is 22.9 Å². The Labute approximate surface area is 396 Å². The first-order valence-electron chi connectivity index (χ1n) is 20.9. The molecule has 68 heavy (non-hydrogen) atoms. The van der Waals surface area contributed by atoms with Crippen LogP contribution >= 0.6 is 32.6 Å². The Kier molecular flexibility index (Phi) is 13.7. The van der Waals surface area contributed by atoms with Gasteiger partial charge >= 0.3 is 398 Å². The van der Waals surface area contributed by atoms with Gasteiger partial charge in [-0.3, -0.25) is 0 Å². The standard InChI is InChI=1S/C48H46N8O8P4/c49-37-21-29-41(30-22-37)57-55-66(59-43-33-25-39(51)26-34-43)53-65-54-67(60-44-13-5-1-6-14-44,61-45-15-7-2-8-16-45)56(58-42-31-23-38(50)24-32-42)68(55,62-46-17-9-3-10-18-46,63-47-19-11-4-12-20-47)64-48-35-27-40(52)28-36-48/h1-36,53,65H,49-52H2. The molecule has 346 valence electrons. The molecule has 16 nitrogen and oxygen atoms in total. The van der Waals surface area contributed by atoms with Gasteiger partial charge in [0.1, 0.15) is 0 Å². The first kappa shape index (κ1) is 45.9. The van der Waals surface area contributed by atoms with Crippen molar-refractivity contribution in [2.24, 2.45) is 4.52 Å². The first-order valence-corrected chi connectivity index (χ1v) is 26.5. The van der Waals surface area contributed by atoms with Crippen molar-refractivity contribution in [3.63, 3.8) is 0 Å². The molecule has 2 atom stereocenters. The molecule has 8 aromatic rings. The number of para-hydroxylation sites is 4. The maximum absolute atomic E-state index is 7.73. The quantitative estimate of drug-likeness (QED) is 0.0450. The minimum absolute atomic E-state index is 0.170. The molecular weight excluding hydrogens is 940 g/mol. The van der Waals surface area contributed by atoms with Crippen LogP contribution in [0.1, 0.15) is 0 Å². The second-order valence-electron chi connectivity index (χ2n) is 14.7. The van der Waals surface area contributed by atoms with E-state index in [2.05, 4.69) is 4.86 Å². The van der Waals surface area contributed by atoms with Gasteiger partial charge in [-0.25, -0.2) is 0 Å². The number of anilines is 4. The Morgan fingerprint density at radius 3 is 1.16 bits per heavy atom. The molecule has 0 saturated heterocycles. The summed E-state index contributed by atoms with van der Waals surface area (Å²) in [5.74, 6) is 2.13. The molecule has 9 rings (SSSR count). The molecule has 0 radical (unpaired) electrons. The molecule has 1 aliphatic rings. The molecular formula is C48H46N8O8P4. The van der Waals surface area contributed by atoms with Crippen LogP contribution in [0.5, 0.6) is 46.0 Å². The molecule has 0 bridgehead atoms. The zero-order chi connectivity index (χ0) is 46.8. The van der Waals surface area contributed by atoms with Crippen LogP contribution in [0.3, 0.4) is 0 Å². The van der Waals surface area contributed by atoms with Crippen molar-refractivity contribution >= 4 is 55.3 Å².